The largest absolute Gasteiger partial charge is 0.497 e. The zero-order valence-electron chi connectivity index (χ0n) is 18.4. The third-order valence-electron chi connectivity index (χ3n) is 5.36. The van der Waals surface area contributed by atoms with Crippen LogP contribution in [0.2, 0.25) is 0 Å². The molecule has 2 aromatic carbocycles. The van der Waals surface area contributed by atoms with Crippen LogP contribution in [0.5, 0.6) is 5.75 Å². The van der Waals surface area contributed by atoms with Crippen molar-refractivity contribution in [2.75, 3.05) is 37.1 Å². The Morgan fingerprint density at radius 2 is 1.94 bits per heavy atom. The van der Waals surface area contributed by atoms with Crippen molar-refractivity contribution < 1.29 is 14.3 Å². The number of carbonyl (C=O) groups excluding carboxylic acids is 2. The highest BCUT2D eigenvalue weighted by Crippen LogP contribution is 2.30. The first-order valence-corrected chi connectivity index (χ1v) is 12.6. The number of rotatable bonds is 6. The molecule has 1 saturated heterocycles. The molecule has 2 heterocycles. The highest BCUT2D eigenvalue weighted by molar-refractivity contribution is 7.98. The Bertz CT molecular complexity index is 1120. The van der Waals surface area contributed by atoms with Gasteiger partial charge < -0.3 is 20.3 Å². The molecule has 3 amide bonds. The molecule has 1 aliphatic rings. The van der Waals surface area contributed by atoms with Crippen LogP contribution in [0.15, 0.2) is 53.4 Å². The van der Waals surface area contributed by atoms with Crippen LogP contribution in [0.4, 0.5) is 16.2 Å². The van der Waals surface area contributed by atoms with Gasteiger partial charge in [-0.1, -0.05) is 17.4 Å². The Labute approximate surface area is 200 Å². The van der Waals surface area contributed by atoms with E-state index < -0.39 is 0 Å². The number of aromatic nitrogens is 2. The lowest BCUT2D eigenvalue weighted by atomic mass is 9.99. The number of nitrogens with one attached hydrogen (secondary N) is 2. The minimum atomic E-state index is -0.303. The van der Waals surface area contributed by atoms with Crippen LogP contribution < -0.4 is 15.4 Å². The van der Waals surface area contributed by atoms with Gasteiger partial charge in [0.1, 0.15) is 10.8 Å². The van der Waals surface area contributed by atoms with Crippen molar-refractivity contribution >= 4 is 46.4 Å². The Balaban J connectivity index is 1.37. The number of carbonyl (C=O) groups is 2. The lowest BCUT2D eigenvalue weighted by molar-refractivity contribution is 0.102. The van der Waals surface area contributed by atoms with Crippen molar-refractivity contribution in [1.29, 1.82) is 0 Å². The third kappa shape index (κ3) is 5.82. The summed E-state index contributed by atoms with van der Waals surface area (Å²) >= 11 is 2.91. The average Bonchev–Trinajstić information content (AvgIpc) is 3.35. The first-order valence-electron chi connectivity index (χ1n) is 10.5. The maximum atomic E-state index is 12.8. The summed E-state index contributed by atoms with van der Waals surface area (Å²) < 4.78 is 5.13. The molecular weight excluding hydrogens is 458 g/mol. The standard InChI is InChI=1S/C23H25N5O3S2/c1-31-18-10-8-16(9-11-18)24-20(29)22-27-26-21(33-22)15-5-4-12-28(14-15)23(30)25-17-6-3-7-19(13-17)32-2/h3,6-11,13,15H,4-5,12,14H2,1-2H3,(H,24,29)(H,25,30). The summed E-state index contributed by atoms with van der Waals surface area (Å²) in [5.74, 6) is 0.471. The van der Waals surface area contributed by atoms with Crippen molar-refractivity contribution in [1.82, 2.24) is 15.1 Å². The second-order valence-electron chi connectivity index (χ2n) is 7.58. The quantitative estimate of drug-likeness (QED) is 0.483. The van der Waals surface area contributed by atoms with E-state index >= 15 is 0 Å². The van der Waals surface area contributed by atoms with Crippen molar-refractivity contribution in [2.24, 2.45) is 0 Å². The van der Waals surface area contributed by atoms with Crippen LogP contribution in [-0.2, 0) is 0 Å². The van der Waals surface area contributed by atoms with Gasteiger partial charge in [-0.3, -0.25) is 4.79 Å². The second-order valence-corrected chi connectivity index (χ2v) is 9.46. The molecule has 1 fully saturated rings. The zero-order valence-corrected chi connectivity index (χ0v) is 20.0. The maximum Gasteiger partial charge on any atom is 0.321 e. The summed E-state index contributed by atoms with van der Waals surface area (Å²) in [6.45, 7) is 1.23. The van der Waals surface area contributed by atoms with Crippen LogP contribution in [0, 0.1) is 0 Å². The monoisotopic (exact) mass is 483 g/mol. The lowest BCUT2D eigenvalue weighted by Crippen LogP contribution is -2.41. The van der Waals surface area contributed by atoms with Gasteiger partial charge in [0.25, 0.3) is 5.91 Å². The van der Waals surface area contributed by atoms with Gasteiger partial charge in [-0.25, -0.2) is 4.79 Å². The van der Waals surface area contributed by atoms with Crippen LogP contribution in [-0.4, -0.2) is 53.5 Å². The number of urea groups is 1. The predicted molar refractivity (Wildman–Crippen MR) is 132 cm³/mol. The van der Waals surface area contributed by atoms with Gasteiger partial charge in [0.05, 0.1) is 7.11 Å². The molecule has 33 heavy (non-hydrogen) atoms. The fourth-order valence-corrected chi connectivity index (χ4v) is 4.94. The van der Waals surface area contributed by atoms with E-state index in [1.165, 1.54) is 11.3 Å². The van der Waals surface area contributed by atoms with Crippen LogP contribution >= 0.6 is 23.1 Å². The van der Waals surface area contributed by atoms with Gasteiger partial charge in [0.15, 0.2) is 0 Å². The molecule has 172 valence electrons. The number of ether oxygens (including phenoxy) is 1. The third-order valence-corrected chi connectivity index (χ3v) is 7.17. The summed E-state index contributed by atoms with van der Waals surface area (Å²) in [5.41, 5.74) is 1.44. The number of thioether (sulfide) groups is 1. The zero-order chi connectivity index (χ0) is 23.2. The van der Waals surface area contributed by atoms with Crippen molar-refractivity contribution in [3.63, 3.8) is 0 Å². The molecular formula is C23H25N5O3S2. The van der Waals surface area contributed by atoms with Gasteiger partial charge in [0, 0.05) is 35.3 Å². The van der Waals surface area contributed by atoms with E-state index in [1.54, 1.807) is 48.0 Å². The van der Waals surface area contributed by atoms with E-state index in [1.807, 2.05) is 30.5 Å². The van der Waals surface area contributed by atoms with Crippen molar-refractivity contribution in [2.45, 2.75) is 23.7 Å². The molecule has 4 rings (SSSR count). The van der Waals surface area contributed by atoms with Gasteiger partial charge in [-0.2, -0.15) is 0 Å². The highest BCUT2D eigenvalue weighted by atomic mass is 32.2. The topological polar surface area (TPSA) is 96.4 Å². The van der Waals surface area contributed by atoms with Crippen molar-refractivity contribution in [3.05, 3.63) is 58.5 Å². The summed E-state index contributed by atoms with van der Waals surface area (Å²) in [6, 6.07) is 14.8. The Hall–Kier alpha value is -3.11. The molecule has 0 saturated carbocycles. The molecule has 1 aromatic heterocycles. The highest BCUT2D eigenvalue weighted by Gasteiger charge is 2.28. The number of hydrogen-bond acceptors (Lipinski definition) is 7. The molecule has 0 spiro atoms. The SMILES string of the molecule is COc1ccc(NC(=O)c2nnc(C3CCCN(C(=O)Nc4cccc(SC)c4)C3)s2)cc1. The van der Waals surface area contributed by atoms with Gasteiger partial charge in [0.2, 0.25) is 5.01 Å². The first kappa shape index (κ1) is 23.1. The number of methoxy groups -OCH3 is 1. The minimum absolute atomic E-state index is 0.0575. The molecule has 2 N–H and O–H groups in total. The van der Waals surface area contributed by atoms with E-state index in [4.69, 9.17) is 4.74 Å². The van der Waals surface area contributed by atoms with Crippen LogP contribution in [0.25, 0.3) is 0 Å². The molecule has 10 heteroatoms. The first-order chi connectivity index (χ1) is 16.1. The molecule has 0 aliphatic carbocycles. The molecule has 0 bridgehead atoms. The molecule has 1 atom stereocenters. The summed E-state index contributed by atoms with van der Waals surface area (Å²) in [6.07, 6.45) is 3.78. The molecule has 3 aromatic rings. The number of hydrogen-bond donors (Lipinski definition) is 2. The number of amides is 3. The fraction of sp³-hybridized carbons (Fsp3) is 0.304. The number of likely N-dealkylation sites (tertiary alicyclic amines) is 1. The summed E-state index contributed by atoms with van der Waals surface area (Å²) in [7, 11) is 1.59. The number of benzene rings is 2. The minimum Gasteiger partial charge on any atom is -0.497 e. The Kier molecular flexibility index (Phi) is 7.46. The van der Waals surface area contributed by atoms with E-state index in [9.17, 15) is 9.59 Å². The van der Waals surface area contributed by atoms with Crippen molar-refractivity contribution in [3.8, 4) is 5.75 Å². The van der Waals surface area contributed by atoms with E-state index in [2.05, 4.69) is 20.8 Å². The molecule has 1 unspecified atom stereocenters. The summed E-state index contributed by atoms with van der Waals surface area (Å²) in [5, 5.41) is 15.2. The molecule has 1 aliphatic heterocycles. The Morgan fingerprint density at radius 1 is 1.12 bits per heavy atom. The van der Waals surface area contributed by atoms with Gasteiger partial charge in [-0.15, -0.1) is 22.0 Å². The Morgan fingerprint density at radius 3 is 2.70 bits per heavy atom. The number of piperidine rings is 1. The lowest BCUT2D eigenvalue weighted by Gasteiger charge is -2.31. The fourth-order valence-electron chi connectivity index (χ4n) is 3.62. The predicted octanol–water partition coefficient (Wildman–Crippen LogP) is 4.93. The van der Waals surface area contributed by atoms with E-state index in [0.717, 1.165) is 28.4 Å². The smallest absolute Gasteiger partial charge is 0.321 e. The van der Waals surface area contributed by atoms with Gasteiger partial charge >= 0.3 is 6.03 Å². The van der Waals surface area contributed by atoms with E-state index in [-0.39, 0.29) is 17.9 Å². The molecule has 8 nitrogen and oxygen atoms in total. The maximum absolute atomic E-state index is 12.8. The van der Waals surface area contributed by atoms with Gasteiger partial charge in [-0.05, 0) is 61.6 Å². The molecule has 0 radical (unpaired) electrons. The average molecular weight is 484 g/mol. The summed E-state index contributed by atoms with van der Waals surface area (Å²) in [4.78, 5) is 28.3. The number of nitrogens with zero attached hydrogens (tertiary/aromatic N) is 3. The normalized spacial score (nSPS) is 15.7. The second kappa shape index (κ2) is 10.7. The van der Waals surface area contributed by atoms with Crippen LogP contribution in [0.1, 0.15) is 33.6 Å². The van der Waals surface area contributed by atoms with E-state index in [0.29, 0.717) is 29.5 Å². The van der Waals surface area contributed by atoms with Crippen LogP contribution in [0.3, 0.4) is 0 Å². The number of anilines is 2.